The molecule has 1 saturated carbocycles. The molecule has 6 heterocycles. The van der Waals surface area contributed by atoms with Crippen molar-refractivity contribution >= 4 is 55.3 Å². The van der Waals surface area contributed by atoms with Crippen molar-refractivity contribution in [3.05, 3.63) is 34.5 Å². The van der Waals surface area contributed by atoms with Gasteiger partial charge in [0.25, 0.3) is 0 Å². The number of thiophene rings is 1. The predicted octanol–water partition coefficient (Wildman–Crippen LogP) is 6.49. The van der Waals surface area contributed by atoms with Crippen LogP contribution in [0.1, 0.15) is 63.1 Å². The monoisotopic (exact) mass is 762 g/mol. The highest BCUT2D eigenvalue weighted by Crippen LogP contribution is 2.50. The first-order chi connectivity index (χ1) is 25.7. The van der Waals surface area contributed by atoms with Crippen LogP contribution in [0.25, 0.3) is 32.2 Å². The fraction of sp³-hybridized carbons (Fsp3) is 0.514. The molecular formula is C37H40F2N8O6S. The SMILES string of the molecule is CN(C)CC1(COc2nc(N3C4CCC3CN(C(=O)O)C4)c3c4c(c(-c5ncc(F)c6sc(NC(=O)OC(C)(C)C)c(C#N)c56)c(F)c3n2)COC4)CC1. The maximum absolute atomic E-state index is 17.6. The smallest absolute Gasteiger partial charge is 0.412 e. The lowest BCUT2D eigenvalue weighted by atomic mass is 9.93. The van der Waals surface area contributed by atoms with Crippen molar-refractivity contribution in [3.63, 3.8) is 0 Å². The highest BCUT2D eigenvalue weighted by atomic mass is 32.1. The lowest BCUT2D eigenvalue weighted by Gasteiger charge is -2.41. The van der Waals surface area contributed by atoms with Crippen LogP contribution in [0.2, 0.25) is 0 Å². The Bertz CT molecular complexity index is 2250. The number of anilines is 2. The van der Waals surface area contributed by atoms with Gasteiger partial charge in [0.1, 0.15) is 28.0 Å². The molecule has 2 N–H and O–H groups in total. The number of likely N-dealkylation sites (tertiary alicyclic amines) is 1. The van der Waals surface area contributed by atoms with E-state index in [4.69, 9.17) is 19.2 Å². The summed E-state index contributed by atoms with van der Waals surface area (Å²) in [5.41, 5.74) is 0.0166. The molecule has 17 heteroatoms. The number of nitrogens with zero attached hydrogens (tertiary/aromatic N) is 7. The molecule has 4 aliphatic rings. The number of benzene rings is 1. The molecule has 3 aliphatic heterocycles. The zero-order valence-electron chi connectivity index (χ0n) is 30.6. The number of carbonyl (C=O) groups excluding carboxylic acids is 1. The average Bonchev–Trinajstić information content (AvgIpc) is 3.37. The van der Waals surface area contributed by atoms with Gasteiger partial charge in [-0.05, 0) is 71.7 Å². The van der Waals surface area contributed by atoms with E-state index in [0.29, 0.717) is 28.9 Å². The van der Waals surface area contributed by atoms with E-state index in [1.807, 2.05) is 14.1 Å². The van der Waals surface area contributed by atoms with Crippen LogP contribution in [-0.4, -0.2) is 100 Å². The van der Waals surface area contributed by atoms with Gasteiger partial charge in [-0.25, -0.2) is 18.4 Å². The molecule has 14 nitrogen and oxygen atoms in total. The number of hydrogen-bond acceptors (Lipinski definition) is 12. The number of halogens is 2. The number of rotatable bonds is 8. The van der Waals surface area contributed by atoms with Crippen LogP contribution < -0.4 is 15.0 Å². The third kappa shape index (κ3) is 6.29. The van der Waals surface area contributed by atoms with E-state index in [1.54, 1.807) is 20.8 Å². The van der Waals surface area contributed by atoms with Gasteiger partial charge in [0, 0.05) is 48.1 Å². The van der Waals surface area contributed by atoms with Crippen molar-refractivity contribution in [2.75, 3.05) is 50.6 Å². The van der Waals surface area contributed by atoms with Crippen LogP contribution in [-0.2, 0) is 22.7 Å². The second-order valence-electron chi connectivity index (χ2n) is 15.9. The maximum atomic E-state index is 17.6. The molecule has 1 aliphatic carbocycles. The zero-order valence-corrected chi connectivity index (χ0v) is 31.4. The quantitative estimate of drug-likeness (QED) is 0.201. The number of aromatic nitrogens is 3. The fourth-order valence-corrected chi connectivity index (χ4v) is 9.20. The van der Waals surface area contributed by atoms with Crippen LogP contribution in [0.5, 0.6) is 6.01 Å². The lowest BCUT2D eigenvalue weighted by Crippen LogP contribution is -2.55. The normalized spacial score (nSPS) is 20.1. The summed E-state index contributed by atoms with van der Waals surface area (Å²) in [6.07, 6.45) is 2.54. The Hall–Kier alpha value is -4.92. The van der Waals surface area contributed by atoms with Gasteiger partial charge in [0.05, 0.1) is 47.4 Å². The molecule has 8 rings (SSSR count). The summed E-state index contributed by atoms with van der Waals surface area (Å²) in [5.74, 6) is -1.07. The fourth-order valence-electron chi connectivity index (χ4n) is 8.16. The lowest BCUT2D eigenvalue weighted by molar-refractivity contribution is 0.0636. The predicted molar refractivity (Wildman–Crippen MR) is 196 cm³/mol. The molecule has 54 heavy (non-hydrogen) atoms. The summed E-state index contributed by atoms with van der Waals surface area (Å²) in [4.78, 5) is 44.4. The first-order valence-corrected chi connectivity index (χ1v) is 18.7. The third-order valence-corrected chi connectivity index (χ3v) is 11.6. The van der Waals surface area contributed by atoms with Gasteiger partial charge in [-0.1, -0.05) is 0 Å². The summed E-state index contributed by atoms with van der Waals surface area (Å²) >= 11 is 0.828. The van der Waals surface area contributed by atoms with Crippen LogP contribution >= 0.6 is 11.3 Å². The Morgan fingerprint density at radius 1 is 1.15 bits per heavy atom. The number of nitrogens with one attached hydrogen (secondary N) is 1. The molecule has 2 saturated heterocycles. The minimum absolute atomic E-state index is 0.00124. The van der Waals surface area contributed by atoms with E-state index in [0.717, 1.165) is 49.8 Å². The number of hydrogen-bond donors (Lipinski definition) is 2. The summed E-state index contributed by atoms with van der Waals surface area (Å²) < 4.78 is 50.8. The second-order valence-corrected chi connectivity index (χ2v) is 16.9. The van der Waals surface area contributed by atoms with E-state index in [2.05, 4.69) is 31.2 Å². The largest absolute Gasteiger partial charge is 0.465 e. The Kier molecular flexibility index (Phi) is 8.77. The van der Waals surface area contributed by atoms with Crippen molar-refractivity contribution < 1.29 is 37.7 Å². The summed E-state index contributed by atoms with van der Waals surface area (Å²) in [6.45, 7) is 6.83. The molecule has 2 unspecified atom stereocenters. The number of amides is 2. The first-order valence-electron chi connectivity index (χ1n) is 17.8. The van der Waals surface area contributed by atoms with Gasteiger partial charge in [0.15, 0.2) is 11.6 Å². The Morgan fingerprint density at radius 3 is 2.48 bits per heavy atom. The Balaban J connectivity index is 1.32. The number of fused-ring (bicyclic) bond motifs is 6. The molecule has 0 spiro atoms. The van der Waals surface area contributed by atoms with Crippen molar-refractivity contribution in [1.29, 1.82) is 5.26 Å². The number of piperazine rings is 1. The van der Waals surface area contributed by atoms with E-state index >= 15 is 8.78 Å². The molecule has 284 valence electrons. The zero-order chi connectivity index (χ0) is 38.3. The van der Waals surface area contributed by atoms with Crippen molar-refractivity contribution in [1.82, 2.24) is 24.8 Å². The van der Waals surface area contributed by atoms with E-state index < -0.39 is 29.4 Å². The Labute approximate surface area is 313 Å². The summed E-state index contributed by atoms with van der Waals surface area (Å²) in [7, 11) is 4.00. The molecule has 0 radical (unpaired) electrons. The molecule has 1 aromatic carbocycles. The molecule has 3 fully saturated rings. The second kappa shape index (κ2) is 13.1. The summed E-state index contributed by atoms with van der Waals surface area (Å²) in [6, 6.07) is 1.65. The van der Waals surface area contributed by atoms with Gasteiger partial charge in [-0.2, -0.15) is 15.2 Å². The molecular weight excluding hydrogens is 723 g/mol. The molecule has 2 amide bonds. The van der Waals surface area contributed by atoms with Crippen LogP contribution in [0.15, 0.2) is 6.20 Å². The number of ether oxygens (including phenoxy) is 3. The number of nitriles is 1. The number of carboxylic acid groups (broad SMARTS) is 1. The van der Waals surface area contributed by atoms with Gasteiger partial charge >= 0.3 is 18.2 Å². The number of pyridine rings is 1. The van der Waals surface area contributed by atoms with Crippen molar-refractivity contribution in [3.8, 4) is 23.3 Å². The molecule has 2 bridgehead atoms. The van der Waals surface area contributed by atoms with Crippen LogP contribution in [0.4, 0.5) is 29.2 Å². The van der Waals surface area contributed by atoms with Crippen LogP contribution in [0, 0.1) is 28.4 Å². The third-order valence-electron chi connectivity index (χ3n) is 10.5. The highest BCUT2D eigenvalue weighted by Gasteiger charge is 2.46. The standard InChI is InChI=1S/C37H40F2N8O6S/c1-36(2,3)53-34(48)44-32-20(10-40)25-28(41-11-23(38)30(25)54-32)24-21-14-51-15-22(21)26-29(27(24)39)42-33(52-17-37(8-9-37)16-45(4)5)43-31(26)47-18-6-7-19(47)13-46(12-18)35(49)50/h11,18-19H,6-9,12-17H2,1-5H3,(H,44,48)(H,49,50). The van der Waals surface area contributed by atoms with Gasteiger partial charge in [-0.15, -0.1) is 11.3 Å². The molecule has 3 aromatic heterocycles. The minimum Gasteiger partial charge on any atom is -0.465 e. The highest BCUT2D eigenvalue weighted by molar-refractivity contribution is 7.23. The van der Waals surface area contributed by atoms with Crippen molar-refractivity contribution in [2.24, 2.45) is 5.41 Å². The average molecular weight is 763 g/mol. The van der Waals surface area contributed by atoms with Crippen LogP contribution in [0.3, 0.4) is 0 Å². The first kappa shape index (κ1) is 36.1. The summed E-state index contributed by atoms with van der Waals surface area (Å²) in [5, 5.41) is 23.3. The van der Waals surface area contributed by atoms with Gasteiger partial charge in [0.2, 0.25) is 0 Å². The number of carbonyl (C=O) groups is 2. The van der Waals surface area contributed by atoms with E-state index in [-0.39, 0.29) is 87.2 Å². The topological polar surface area (TPSA) is 166 Å². The van der Waals surface area contributed by atoms with Gasteiger partial charge < -0.3 is 34.0 Å². The minimum atomic E-state index is -0.989. The molecule has 4 aromatic rings. The van der Waals surface area contributed by atoms with E-state index in [9.17, 15) is 20.0 Å². The van der Waals surface area contributed by atoms with E-state index in [1.165, 1.54) is 4.90 Å². The Morgan fingerprint density at radius 2 is 1.85 bits per heavy atom. The van der Waals surface area contributed by atoms with Crippen molar-refractivity contribution in [2.45, 2.75) is 77.4 Å². The van der Waals surface area contributed by atoms with Gasteiger partial charge in [-0.3, -0.25) is 10.3 Å². The molecule has 2 atom stereocenters. The maximum Gasteiger partial charge on any atom is 0.412 e.